The van der Waals surface area contributed by atoms with Crippen molar-refractivity contribution in [3.8, 4) is 5.75 Å². The molecule has 1 unspecified atom stereocenters. The molecule has 0 aromatic heterocycles. The molecule has 0 bridgehead atoms. The van der Waals surface area contributed by atoms with Crippen LogP contribution < -0.4 is 4.74 Å². The van der Waals surface area contributed by atoms with Gasteiger partial charge in [0.1, 0.15) is 11.9 Å². The van der Waals surface area contributed by atoms with Gasteiger partial charge in [0.25, 0.3) is 0 Å². The topological polar surface area (TPSA) is 35.5 Å². The molecular weight excluding hydrogens is 204 g/mol. The SMILES string of the molecule is CCCC(OC)C(=O)c1cccc(OC)c1. The summed E-state index contributed by atoms with van der Waals surface area (Å²) < 4.78 is 10.3. The van der Waals surface area contributed by atoms with Gasteiger partial charge < -0.3 is 9.47 Å². The number of benzene rings is 1. The summed E-state index contributed by atoms with van der Waals surface area (Å²) in [5.41, 5.74) is 0.639. The van der Waals surface area contributed by atoms with Gasteiger partial charge in [0.15, 0.2) is 5.78 Å². The van der Waals surface area contributed by atoms with Crippen LogP contribution in [0.15, 0.2) is 24.3 Å². The quantitative estimate of drug-likeness (QED) is 0.694. The van der Waals surface area contributed by atoms with Gasteiger partial charge in [-0.2, -0.15) is 0 Å². The molecule has 0 aliphatic heterocycles. The Hall–Kier alpha value is -1.35. The summed E-state index contributed by atoms with van der Waals surface area (Å²) >= 11 is 0. The van der Waals surface area contributed by atoms with Crippen molar-refractivity contribution in [3.05, 3.63) is 29.8 Å². The van der Waals surface area contributed by atoms with Crippen LogP contribution in [-0.4, -0.2) is 26.1 Å². The Morgan fingerprint density at radius 2 is 2.12 bits per heavy atom. The lowest BCUT2D eigenvalue weighted by Crippen LogP contribution is -2.22. The third-order valence-electron chi connectivity index (χ3n) is 2.48. The third-order valence-corrected chi connectivity index (χ3v) is 2.48. The number of Topliss-reactive ketones (excluding diaryl/α,β-unsaturated/α-hetero) is 1. The van der Waals surface area contributed by atoms with Gasteiger partial charge in [-0.3, -0.25) is 4.79 Å². The van der Waals surface area contributed by atoms with Gasteiger partial charge in [0.2, 0.25) is 0 Å². The minimum absolute atomic E-state index is 0.0169. The average Bonchev–Trinajstić information content (AvgIpc) is 2.35. The van der Waals surface area contributed by atoms with Crippen molar-refractivity contribution in [1.82, 2.24) is 0 Å². The lowest BCUT2D eigenvalue weighted by Gasteiger charge is -2.13. The summed E-state index contributed by atoms with van der Waals surface area (Å²) in [6.45, 7) is 2.03. The first-order chi connectivity index (χ1) is 7.72. The maximum absolute atomic E-state index is 12.1. The van der Waals surface area contributed by atoms with E-state index in [0.717, 1.165) is 12.8 Å². The molecule has 0 saturated heterocycles. The molecule has 0 saturated carbocycles. The molecule has 3 nitrogen and oxygen atoms in total. The summed E-state index contributed by atoms with van der Waals surface area (Å²) in [6, 6.07) is 7.15. The van der Waals surface area contributed by atoms with Crippen molar-refractivity contribution in [1.29, 1.82) is 0 Å². The number of carbonyl (C=O) groups is 1. The van der Waals surface area contributed by atoms with Crippen molar-refractivity contribution in [2.75, 3.05) is 14.2 Å². The zero-order valence-electron chi connectivity index (χ0n) is 10.0. The Morgan fingerprint density at radius 3 is 2.69 bits per heavy atom. The highest BCUT2D eigenvalue weighted by Gasteiger charge is 2.18. The van der Waals surface area contributed by atoms with Crippen molar-refractivity contribution >= 4 is 5.78 Å². The van der Waals surface area contributed by atoms with Gasteiger partial charge >= 0.3 is 0 Å². The molecule has 0 heterocycles. The normalized spacial score (nSPS) is 12.2. The fourth-order valence-electron chi connectivity index (χ4n) is 1.58. The van der Waals surface area contributed by atoms with Crippen LogP contribution in [0.25, 0.3) is 0 Å². The standard InChI is InChI=1S/C13H18O3/c1-4-6-12(16-3)13(14)10-7-5-8-11(9-10)15-2/h5,7-9,12H,4,6H2,1-3H3. The fraction of sp³-hybridized carbons (Fsp3) is 0.462. The van der Waals surface area contributed by atoms with Gasteiger partial charge in [0.05, 0.1) is 7.11 Å². The molecule has 3 heteroatoms. The van der Waals surface area contributed by atoms with Gasteiger partial charge in [-0.05, 0) is 18.6 Å². The van der Waals surface area contributed by atoms with Crippen molar-refractivity contribution in [3.63, 3.8) is 0 Å². The first-order valence-corrected chi connectivity index (χ1v) is 5.44. The predicted molar refractivity (Wildman–Crippen MR) is 63.0 cm³/mol. The van der Waals surface area contributed by atoms with Crippen LogP contribution in [0.2, 0.25) is 0 Å². The number of hydrogen-bond donors (Lipinski definition) is 0. The van der Waals surface area contributed by atoms with Crippen LogP contribution in [0.5, 0.6) is 5.75 Å². The molecule has 1 aromatic carbocycles. The second-order valence-electron chi connectivity index (χ2n) is 3.61. The van der Waals surface area contributed by atoms with Crippen molar-refractivity contribution < 1.29 is 14.3 Å². The van der Waals surface area contributed by atoms with Crippen LogP contribution >= 0.6 is 0 Å². The molecule has 1 aromatic rings. The number of ether oxygens (including phenoxy) is 2. The monoisotopic (exact) mass is 222 g/mol. The first kappa shape index (κ1) is 12.7. The fourth-order valence-corrected chi connectivity index (χ4v) is 1.58. The highest BCUT2D eigenvalue weighted by atomic mass is 16.5. The van der Waals surface area contributed by atoms with Crippen LogP contribution in [-0.2, 0) is 4.74 Å². The maximum atomic E-state index is 12.1. The van der Waals surface area contributed by atoms with Crippen LogP contribution in [0.1, 0.15) is 30.1 Å². The van der Waals surface area contributed by atoms with E-state index in [9.17, 15) is 4.79 Å². The van der Waals surface area contributed by atoms with E-state index in [1.165, 1.54) is 0 Å². The predicted octanol–water partition coefficient (Wildman–Crippen LogP) is 2.69. The molecule has 0 aliphatic carbocycles. The second-order valence-corrected chi connectivity index (χ2v) is 3.61. The van der Waals surface area contributed by atoms with E-state index >= 15 is 0 Å². The minimum atomic E-state index is -0.350. The second kappa shape index (κ2) is 6.28. The molecule has 0 N–H and O–H groups in total. The Kier molecular flexibility index (Phi) is 4.99. The molecule has 0 amide bonds. The summed E-state index contributed by atoms with van der Waals surface area (Å²) in [5, 5.41) is 0. The summed E-state index contributed by atoms with van der Waals surface area (Å²) in [5.74, 6) is 0.709. The summed E-state index contributed by atoms with van der Waals surface area (Å²) in [6.07, 6.45) is 1.32. The lowest BCUT2D eigenvalue weighted by molar-refractivity contribution is 0.0578. The molecule has 0 spiro atoms. The summed E-state index contributed by atoms with van der Waals surface area (Å²) in [4.78, 5) is 12.1. The van der Waals surface area contributed by atoms with Crippen LogP contribution in [0.4, 0.5) is 0 Å². The number of hydrogen-bond acceptors (Lipinski definition) is 3. The molecular formula is C13H18O3. The van der Waals surface area contributed by atoms with E-state index in [0.29, 0.717) is 11.3 Å². The largest absolute Gasteiger partial charge is 0.497 e. The third kappa shape index (κ3) is 3.07. The van der Waals surface area contributed by atoms with Crippen molar-refractivity contribution in [2.24, 2.45) is 0 Å². The Balaban J connectivity index is 2.85. The first-order valence-electron chi connectivity index (χ1n) is 5.44. The van der Waals surface area contributed by atoms with Crippen LogP contribution in [0.3, 0.4) is 0 Å². The Bertz CT molecular complexity index is 347. The zero-order valence-corrected chi connectivity index (χ0v) is 10.0. The highest BCUT2D eigenvalue weighted by molar-refractivity contribution is 5.99. The van der Waals surface area contributed by atoms with Gasteiger partial charge in [-0.25, -0.2) is 0 Å². The number of ketones is 1. The van der Waals surface area contributed by atoms with E-state index in [2.05, 4.69) is 0 Å². The lowest BCUT2D eigenvalue weighted by atomic mass is 10.0. The Labute approximate surface area is 96.4 Å². The number of rotatable bonds is 6. The molecule has 0 radical (unpaired) electrons. The maximum Gasteiger partial charge on any atom is 0.191 e. The molecule has 1 rings (SSSR count). The smallest absolute Gasteiger partial charge is 0.191 e. The van der Waals surface area contributed by atoms with E-state index in [1.807, 2.05) is 19.1 Å². The van der Waals surface area contributed by atoms with E-state index in [-0.39, 0.29) is 11.9 Å². The minimum Gasteiger partial charge on any atom is -0.497 e. The average molecular weight is 222 g/mol. The van der Waals surface area contributed by atoms with Gasteiger partial charge in [-0.1, -0.05) is 25.5 Å². The Morgan fingerprint density at radius 1 is 1.38 bits per heavy atom. The van der Waals surface area contributed by atoms with Gasteiger partial charge in [0, 0.05) is 12.7 Å². The molecule has 1 atom stereocenters. The molecule has 16 heavy (non-hydrogen) atoms. The molecule has 0 fully saturated rings. The highest BCUT2D eigenvalue weighted by Crippen LogP contribution is 2.16. The zero-order chi connectivity index (χ0) is 12.0. The van der Waals surface area contributed by atoms with E-state index in [4.69, 9.17) is 9.47 Å². The van der Waals surface area contributed by atoms with E-state index < -0.39 is 0 Å². The molecule has 88 valence electrons. The molecule has 0 aliphatic rings. The van der Waals surface area contributed by atoms with Gasteiger partial charge in [-0.15, -0.1) is 0 Å². The van der Waals surface area contributed by atoms with E-state index in [1.54, 1.807) is 26.4 Å². The summed E-state index contributed by atoms with van der Waals surface area (Å²) in [7, 11) is 3.15. The number of methoxy groups -OCH3 is 2. The van der Waals surface area contributed by atoms with Crippen molar-refractivity contribution in [2.45, 2.75) is 25.9 Å². The van der Waals surface area contributed by atoms with Crippen LogP contribution in [0, 0.1) is 0 Å². The number of carbonyl (C=O) groups excluding carboxylic acids is 1.